The lowest BCUT2D eigenvalue weighted by Gasteiger charge is -1.96. The molecule has 0 spiro atoms. The largest absolute Gasteiger partial charge is 0.444 e. The van der Waals surface area contributed by atoms with Gasteiger partial charge in [0.1, 0.15) is 12.1 Å². The van der Waals surface area contributed by atoms with Crippen LogP contribution >= 0.6 is 0 Å². The topological polar surface area (TPSA) is 52.0 Å². The maximum absolute atomic E-state index is 12.9. The van der Waals surface area contributed by atoms with Crippen molar-refractivity contribution in [3.8, 4) is 11.5 Å². The highest BCUT2D eigenvalue weighted by Crippen LogP contribution is 2.21. The van der Waals surface area contributed by atoms with E-state index >= 15 is 0 Å². The summed E-state index contributed by atoms with van der Waals surface area (Å²) in [6.07, 6.45) is 1.49. The summed E-state index contributed by atoms with van der Waals surface area (Å²) >= 11 is 0. The summed E-state index contributed by atoms with van der Waals surface area (Å²) in [7, 11) is 0. The maximum Gasteiger partial charge on any atom is 0.226 e. The van der Waals surface area contributed by atoms with Gasteiger partial charge in [0.15, 0.2) is 0 Å². The van der Waals surface area contributed by atoms with Crippen LogP contribution in [0.3, 0.4) is 0 Å². The van der Waals surface area contributed by atoms with Crippen LogP contribution in [0.5, 0.6) is 0 Å². The summed E-state index contributed by atoms with van der Waals surface area (Å²) in [5.74, 6) is 0.0786. The van der Waals surface area contributed by atoms with E-state index in [0.717, 1.165) is 0 Å². The number of hydrogen-bond acceptors (Lipinski definition) is 3. The highest BCUT2D eigenvalue weighted by Gasteiger charge is 2.09. The van der Waals surface area contributed by atoms with Gasteiger partial charge >= 0.3 is 0 Å². The van der Waals surface area contributed by atoms with Crippen LogP contribution in [0.25, 0.3) is 11.5 Å². The fourth-order valence-corrected chi connectivity index (χ4v) is 1.25. The van der Waals surface area contributed by atoms with Gasteiger partial charge in [0.05, 0.1) is 5.69 Å². The number of oxazole rings is 1. The molecule has 1 heterocycles. The Balaban J connectivity index is 2.37. The van der Waals surface area contributed by atoms with Crippen LogP contribution in [0.2, 0.25) is 0 Å². The molecule has 3 nitrogen and oxygen atoms in total. The van der Waals surface area contributed by atoms with Crippen molar-refractivity contribution in [3.05, 3.63) is 42.0 Å². The van der Waals surface area contributed by atoms with Crippen LogP contribution in [0, 0.1) is 5.82 Å². The van der Waals surface area contributed by atoms with Gasteiger partial charge in [-0.15, -0.1) is 0 Å². The van der Waals surface area contributed by atoms with Crippen LogP contribution in [0.15, 0.2) is 34.9 Å². The van der Waals surface area contributed by atoms with Crippen molar-refractivity contribution < 1.29 is 8.81 Å². The van der Waals surface area contributed by atoms with Crippen LogP contribution in [0.4, 0.5) is 4.39 Å². The molecule has 0 saturated heterocycles. The van der Waals surface area contributed by atoms with Gasteiger partial charge in [-0.2, -0.15) is 0 Å². The second-order valence-corrected chi connectivity index (χ2v) is 3.38. The van der Waals surface area contributed by atoms with Gasteiger partial charge in [0, 0.05) is 11.6 Å². The number of halogens is 1. The first-order valence-corrected chi connectivity index (χ1v) is 4.64. The van der Waals surface area contributed by atoms with Crippen LogP contribution < -0.4 is 5.73 Å². The van der Waals surface area contributed by atoms with Crippen molar-refractivity contribution in [2.75, 3.05) is 0 Å². The molecule has 1 unspecified atom stereocenters. The van der Waals surface area contributed by atoms with Gasteiger partial charge < -0.3 is 10.2 Å². The SMILES string of the molecule is CC(N)c1coc(-c2cccc(F)c2)n1. The van der Waals surface area contributed by atoms with Crippen molar-refractivity contribution in [2.24, 2.45) is 5.73 Å². The summed E-state index contributed by atoms with van der Waals surface area (Å²) in [5, 5.41) is 0. The second kappa shape index (κ2) is 3.82. The molecule has 15 heavy (non-hydrogen) atoms. The van der Waals surface area contributed by atoms with Gasteiger partial charge in [0.25, 0.3) is 0 Å². The Morgan fingerprint density at radius 3 is 2.87 bits per heavy atom. The van der Waals surface area contributed by atoms with Crippen molar-refractivity contribution in [3.63, 3.8) is 0 Å². The van der Waals surface area contributed by atoms with E-state index in [0.29, 0.717) is 17.1 Å². The molecule has 78 valence electrons. The number of benzene rings is 1. The van der Waals surface area contributed by atoms with E-state index in [1.807, 2.05) is 6.92 Å². The lowest BCUT2D eigenvalue weighted by Crippen LogP contribution is -2.04. The van der Waals surface area contributed by atoms with E-state index < -0.39 is 0 Å². The molecule has 2 rings (SSSR count). The van der Waals surface area contributed by atoms with Crippen LogP contribution in [-0.2, 0) is 0 Å². The summed E-state index contributed by atoms with van der Waals surface area (Å²) in [6.45, 7) is 1.81. The normalized spacial score (nSPS) is 12.7. The Labute approximate surface area is 86.7 Å². The smallest absolute Gasteiger partial charge is 0.226 e. The molecule has 0 fully saturated rings. The molecule has 2 N–H and O–H groups in total. The average molecular weight is 206 g/mol. The zero-order valence-electron chi connectivity index (χ0n) is 8.27. The van der Waals surface area contributed by atoms with Gasteiger partial charge in [-0.05, 0) is 25.1 Å². The Hall–Kier alpha value is -1.68. The van der Waals surface area contributed by atoms with Gasteiger partial charge in [-0.1, -0.05) is 6.07 Å². The summed E-state index contributed by atoms with van der Waals surface area (Å²) < 4.78 is 18.1. The van der Waals surface area contributed by atoms with Crippen LogP contribution in [-0.4, -0.2) is 4.98 Å². The van der Waals surface area contributed by atoms with Crippen molar-refractivity contribution >= 4 is 0 Å². The zero-order chi connectivity index (χ0) is 10.8. The molecule has 2 aromatic rings. The lowest BCUT2D eigenvalue weighted by molar-refractivity contribution is 0.568. The number of nitrogens with two attached hydrogens (primary N) is 1. The minimum atomic E-state index is -0.312. The zero-order valence-corrected chi connectivity index (χ0v) is 8.27. The molecular formula is C11H11FN2O. The van der Waals surface area contributed by atoms with E-state index in [-0.39, 0.29) is 11.9 Å². The molecule has 0 amide bonds. The highest BCUT2D eigenvalue weighted by atomic mass is 19.1. The summed E-state index contributed by atoms with van der Waals surface area (Å²) in [6, 6.07) is 5.91. The molecule has 0 aliphatic carbocycles. The molecule has 0 radical (unpaired) electrons. The minimum Gasteiger partial charge on any atom is -0.444 e. The highest BCUT2D eigenvalue weighted by molar-refractivity contribution is 5.53. The Bertz CT molecular complexity index is 465. The Morgan fingerprint density at radius 1 is 1.47 bits per heavy atom. The standard InChI is InChI=1S/C11H11FN2O/c1-7(13)10-6-15-11(14-10)8-3-2-4-9(12)5-8/h2-7H,13H2,1H3. The van der Waals surface area contributed by atoms with Crippen molar-refractivity contribution in [2.45, 2.75) is 13.0 Å². The fourth-order valence-electron chi connectivity index (χ4n) is 1.25. The number of nitrogens with zero attached hydrogens (tertiary/aromatic N) is 1. The first kappa shape index (κ1) is 9.86. The van der Waals surface area contributed by atoms with Gasteiger partial charge in [-0.3, -0.25) is 0 Å². The average Bonchev–Trinajstić information content (AvgIpc) is 2.66. The third-order valence-corrected chi connectivity index (χ3v) is 2.06. The second-order valence-electron chi connectivity index (χ2n) is 3.38. The first-order chi connectivity index (χ1) is 7.16. The monoisotopic (exact) mass is 206 g/mol. The van der Waals surface area contributed by atoms with Gasteiger partial charge in [-0.25, -0.2) is 9.37 Å². The molecule has 1 aromatic heterocycles. The quantitative estimate of drug-likeness (QED) is 0.821. The molecule has 0 saturated carbocycles. The maximum atomic E-state index is 12.9. The molecule has 0 aliphatic heterocycles. The minimum absolute atomic E-state index is 0.184. The molecule has 1 atom stereocenters. The van der Waals surface area contributed by atoms with Crippen molar-refractivity contribution in [1.29, 1.82) is 0 Å². The van der Waals surface area contributed by atoms with E-state index in [4.69, 9.17) is 10.2 Å². The Kier molecular flexibility index (Phi) is 2.51. The third kappa shape index (κ3) is 2.05. The predicted octanol–water partition coefficient (Wildman–Crippen LogP) is 2.50. The van der Waals surface area contributed by atoms with E-state index in [1.165, 1.54) is 18.4 Å². The van der Waals surface area contributed by atoms with E-state index in [2.05, 4.69) is 4.98 Å². The molecular weight excluding hydrogens is 195 g/mol. The lowest BCUT2D eigenvalue weighted by atomic mass is 10.2. The number of rotatable bonds is 2. The van der Waals surface area contributed by atoms with Crippen molar-refractivity contribution in [1.82, 2.24) is 4.98 Å². The summed E-state index contributed by atoms with van der Waals surface area (Å²) in [4.78, 5) is 4.16. The van der Waals surface area contributed by atoms with E-state index in [9.17, 15) is 4.39 Å². The predicted molar refractivity (Wildman–Crippen MR) is 54.5 cm³/mol. The molecule has 0 aliphatic rings. The molecule has 1 aromatic carbocycles. The first-order valence-electron chi connectivity index (χ1n) is 4.64. The molecule has 0 bridgehead atoms. The summed E-state index contributed by atoms with van der Waals surface area (Å²) in [5.41, 5.74) is 6.91. The van der Waals surface area contributed by atoms with Gasteiger partial charge in [0.2, 0.25) is 5.89 Å². The fraction of sp³-hybridized carbons (Fsp3) is 0.182. The number of aromatic nitrogens is 1. The van der Waals surface area contributed by atoms with Crippen LogP contribution in [0.1, 0.15) is 18.7 Å². The number of hydrogen-bond donors (Lipinski definition) is 1. The Morgan fingerprint density at radius 2 is 2.27 bits per heavy atom. The third-order valence-electron chi connectivity index (χ3n) is 2.06. The molecule has 4 heteroatoms. The van der Waals surface area contributed by atoms with E-state index in [1.54, 1.807) is 12.1 Å².